The lowest BCUT2D eigenvalue weighted by Gasteiger charge is -2.11. The van der Waals surface area contributed by atoms with Gasteiger partial charge in [-0.25, -0.2) is 13.8 Å². The first-order valence-corrected chi connectivity index (χ1v) is 7.73. The van der Waals surface area contributed by atoms with E-state index >= 15 is 0 Å². The van der Waals surface area contributed by atoms with Gasteiger partial charge in [-0.15, -0.1) is 0 Å². The van der Waals surface area contributed by atoms with Gasteiger partial charge in [-0.2, -0.15) is 18.2 Å². The molecular formula is C18H13F5N4. The highest BCUT2D eigenvalue weighted by Gasteiger charge is 2.29. The Morgan fingerprint density at radius 1 is 0.778 bits per heavy atom. The smallest absolute Gasteiger partial charge is 0.340 e. The number of nitrogens with zero attached hydrogens (tertiary/aromatic N) is 2. The van der Waals surface area contributed by atoms with Crippen molar-refractivity contribution in [2.45, 2.75) is 13.1 Å². The van der Waals surface area contributed by atoms with Crippen molar-refractivity contribution in [3.63, 3.8) is 0 Å². The van der Waals surface area contributed by atoms with Crippen LogP contribution >= 0.6 is 0 Å². The van der Waals surface area contributed by atoms with Gasteiger partial charge >= 0.3 is 6.18 Å². The van der Waals surface area contributed by atoms with E-state index in [0.29, 0.717) is 17.2 Å². The van der Waals surface area contributed by atoms with Crippen molar-refractivity contribution in [1.29, 1.82) is 0 Å². The van der Waals surface area contributed by atoms with Gasteiger partial charge in [0.1, 0.15) is 5.82 Å². The molecule has 1 aromatic heterocycles. The third-order valence-corrected chi connectivity index (χ3v) is 3.51. The molecule has 0 bridgehead atoms. The second kappa shape index (κ2) is 7.18. The number of anilines is 4. The van der Waals surface area contributed by atoms with Crippen molar-refractivity contribution in [2.24, 2.45) is 0 Å². The van der Waals surface area contributed by atoms with E-state index < -0.39 is 23.4 Å². The van der Waals surface area contributed by atoms with E-state index in [9.17, 15) is 22.0 Å². The van der Waals surface area contributed by atoms with Gasteiger partial charge in [-0.3, -0.25) is 0 Å². The zero-order valence-electron chi connectivity index (χ0n) is 13.9. The van der Waals surface area contributed by atoms with Gasteiger partial charge < -0.3 is 10.6 Å². The minimum absolute atomic E-state index is 0.121. The SMILES string of the molecule is Cc1cc(Nc2ccc(C(F)(F)F)cc2)nc(Nc2ccc(F)c(F)c2)n1. The summed E-state index contributed by atoms with van der Waals surface area (Å²) in [6.45, 7) is 1.69. The molecule has 2 aromatic carbocycles. The topological polar surface area (TPSA) is 49.8 Å². The molecule has 0 saturated heterocycles. The van der Waals surface area contributed by atoms with Gasteiger partial charge in [-0.05, 0) is 43.3 Å². The molecular weight excluding hydrogens is 367 g/mol. The zero-order valence-corrected chi connectivity index (χ0v) is 13.9. The summed E-state index contributed by atoms with van der Waals surface area (Å²) < 4.78 is 64.1. The van der Waals surface area contributed by atoms with Crippen LogP contribution in [0.5, 0.6) is 0 Å². The Hall–Kier alpha value is -3.23. The lowest BCUT2D eigenvalue weighted by atomic mass is 10.2. The molecule has 0 unspecified atom stereocenters. The first-order valence-electron chi connectivity index (χ1n) is 7.73. The highest BCUT2D eigenvalue weighted by atomic mass is 19.4. The number of benzene rings is 2. The molecule has 4 nitrogen and oxygen atoms in total. The highest BCUT2D eigenvalue weighted by molar-refractivity contribution is 5.60. The lowest BCUT2D eigenvalue weighted by Crippen LogP contribution is -2.05. The van der Waals surface area contributed by atoms with Crippen LogP contribution in [-0.2, 0) is 6.18 Å². The molecule has 140 valence electrons. The summed E-state index contributed by atoms with van der Waals surface area (Å²) in [6.07, 6.45) is -4.41. The highest BCUT2D eigenvalue weighted by Crippen LogP contribution is 2.30. The van der Waals surface area contributed by atoms with E-state index in [1.165, 1.54) is 18.2 Å². The molecule has 0 aliphatic carbocycles. The van der Waals surface area contributed by atoms with Gasteiger partial charge in [0.05, 0.1) is 5.56 Å². The second-order valence-corrected chi connectivity index (χ2v) is 5.67. The largest absolute Gasteiger partial charge is 0.416 e. The predicted octanol–water partition coefficient (Wildman–Crippen LogP) is 5.57. The number of halogens is 5. The fourth-order valence-electron chi connectivity index (χ4n) is 2.28. The predicted molar refractivity (Wildman–Crippen MR) is 91.1 cm³/mol. The summed E-state index contributed by atoms with van der Waals surface area (Å²) in [5.74, 6) is -1.55. The van der Waals surface area contributed by atoms with Crippen molar-refractivity contribution >= 4 is 23.1 Å². The molecule has 0 amide bonds. The Morgan fingerprint density at radius 2 is 1.44 bits per heavy atom. The van der Waals surface area contributed by atoms with Gasteiger partial charge in [0.15, 0.2) is 11.6 Å². The maximum atomic E-state index is 13.3. The summed E-state index contributed by atoms with van der Waals surface area (Å²) in [5.41, 5.74) is 0.456. The third-order valence-electron chi connectivity index (χ3n) is 3.51. The second-order valence-electron chi connectivity index (χ2n) is 5.67. The van der Waals surface area contributed by atoms with Crippen LogP contribution in [0.1, 0.15) is 11.3 Å². The minimum Gasteiger partial charge on any atom is -0.340 e. The summed E-state index contributed by atoms with van der Waals surface area (Å²) in [7, 11) is 0. The maximum absolute atomic E-state index is 13.3. The molecule has 27 heavy (non-hydrogen) atoms. The third kappa shape index (κ3) is 4.69. The van der Waals surface area contributed by atoms with E-state index in [0.717, 1.165) is 24.3 Å². The average Bonchev–Trinajstić information content (AvgIpc) is 2.57. The van der Waals surface area contributed by atoms with Gasteiger partial charge in [0.2, 0.25) is 5.95 Å². The quantitative estimate of drug-likeness (QED) is 0.581. The fourth-order valence-corrected chi connectivity index (χ4v) is 2.28. The molecule has 0 aliphatic rings. The van der Waals surface area contributed by atoms with E-state index in [2.05, 4.69) is 20.6 Å². The Bertz CT molecular complexity index is 955. The monoisotopic (exact) mass is 380 g/mol. The Morgan fingerprint density at radius 3 is 2.07 bits per heavy atom. The van der Waals surface area contributed by atoms with Crippen LogP contribution in [0.25, 0.3) is 0 Å². The van der Waals surface area contributed by atoms with Crippen molar-refractivity contribution in [1.82, 2.24) is 9.97 Å². The van der Waals surface area contributed by atoms with Crippen LogP contribution in [0.4, 0.5) is 45.1 Å². The van der Waals surface area contributed by atoms with Crippen LogP contribution in [0.3, 0.4) is 0 Å². The van der Waals surface area contributed by atoms with Crippen molar-refractivity contribution in [2.75, 3.05) is 10.6 Å². The molecule has 3 rings (SSSR count). The number of hydrogen-bond acceptors (Lipinski definition) is 4. The molecule has 0 saturated carbocycles. The van der Waals surface area contributed by atoms with E-state index in [4.69, 9.17) is 0 Å². The van der Waals surface area contributed by atoms with Crippen LogP contribution in [0.15, 0.2) is 48.5 Å². The summed E-state index contributed by atoms with van der Waals surface area (Å²) in [4.78, 5) is 8.32. The van der Waals surface area contributed by atoms with Gasteiger partial charge in [0.25, 0.3) is 0 Å². The molecule has 1 heterocycles. The summed E-state index contributed by atoms with van der Waals surface area (Å²) >= 11 is 0. The number of aryl methyl sites for hydroxylation is 1. The van der Waals surface area contributed by atoms with E-state index in [1.54, 1.807) is 13.0 Å². The Balaban J connectivity index is 1.79. The molecule has 9 heteroatoms. The molecule has 0 spiro atoms. The first kappa shape index (κ1) is 18.6. The Labute approximate surface area is 151 Å². The molecule has 0 atom stereocenters. The number of hydrogen-bond donors (Lipinski definition) is 2. The number of alkyl halides is 3. The normalized spacial score (nSPS) is 11.3. The minimum atomic E-state index is -4.41. The number of nitrogens with one attached hydrogen (secondary N) is 2. The molecule has 0 radical (unpaired) electrons. The fraction of sp³-hybridized carbons (Fsp3) is 0.111. The standard InChI is InChI=1S/C18H13F5N4/c1-10-8-16(25-12-4-2-11(3-5-12)18(21,22)23)27-17(24-10)26-13-6-7-14(19)15(20)9-13/h2-9H,1H3,(H2,24,25,26,27). The van der Waals surface area contributed by atoms with Crippen LogP contribution in [0.2, 0.25) is 0 Å². The first-order chi connectivity index (χ1) is 12.7. The van der Waals surface area contributed by atoms with Gasteiger partial charge in [-0.1, -0.05) is 0 Å². The van der Waals surface area contributed by atoms with E-state index in [-0.39, 0.29) is 11.6 Å². The number of aromatic nitrogens is 2. The average molecular weight is 380 g/mol. The van der Waals surface area contributed by atoms with Gasteiger partial charge in [0, 0.05) is 29.2 Å². The summed E-state index contributed by atoms with van der Waals surface area (Å²) in [6, 6.07) is 9.32. The molecule has 3 aromatic rings. The van der Waals surface area contributed by atoms with Crippen LogP contribution in [-0.4, -0.2) is 9.97 Å². The molecule has 0 aliphatic heterocycles. The Kier molecular flexibility index (Phi) is 4.93. The maximum Gasteiger partial charge on any atom is 0.416 e. The van der Waals surface area contributed by atoms with Crippen molar-refractivity contribution in [3.8, 4) is 0 Å². The lowest BCUT2D eigenvalue weighted by molar-refractivity contribution is -0.137. The van der Waals surface area contributed by atoms with Crippen molar-refractivity contribution in [3.05, 3.63) is 71.4 Å². The molecule has 0 fully saturated rings. The zero-order chi connectivity index (χ0) is 19.6. The van der Waals surface area contributed by atoms with Crippen molar-refractivity contribution < 1.29 is 22.0 Å². The number of rotatable bonds is 4. The van der Waals surface area contributed by atoms with Crippen LogP contribution < -0.4 is 10.6 Å². The molecule has 2 N–H and O–H groups in total. The van der Waals surface area contributed by atoms with Crippen LogP contribution in [0, 0.1) is 18.6 Å². The van der Waals surface area contributed by atoms with E-state index in [1.807, 2.05) is 0 Å². The summed E-state index contributed by atoms with van der Waals surface area (Å²) in [5, 5.41) is 5.63.